The number of nitrogens with zero attached hydrogens (tertiary/aromatic N) is 2. The van der Waals surface area contributed by atoms with Gasteiger partial charge in [-0.15, -0.1) is 0 Å². The summed E-state index contributed by atoms with van der Waals surface area (Å²) in [5, 5.41) is 6.65. The summed E-state index contributed by atoms with van der Waals surface area (Å²) in [6.07, 6.45) is 4.64. The first kappa shape index (κ1) is 18.2. The molecule has 0 radical (unpaired) electrons. The van der Waals surface area contributed by atoms with E-state index in [1.54, 1.807) is 7.11 Å². The number of amides is 1. The minimum Gasteiger partial charge on any atom is -0.385 e. The molecule has 2 aromatic rings. The lowest BCUT2D eigenvalue weighted by Crippen LogP contribution is -2.25. The fraction of sp³-hybridized carbons (Fsp3) is 0.353. The van der Waals surface area contributed by atoms with Crippen LogP contribution in [-0.2, 0) is 11.2 Å². The van der Waals surface area contributed by atoms with Gasteiger partial charge in [-0.1, -0.05) is 23.7 Å². The van der Waals surface area contributed by atoms with E-state index in [1.165, 1.54) is 18.0 Å². The zero-order valence-corrected chi connectivity index (χ0v) is 14.3. The second kappa shape index (κ2) is 9.85. The Bertz CT molecular complexity index is 632. The van der Waals surface area contributed by atoms with E-state index in [0.717, 1.165) is 17.9 Å². The monoisotopic (exact) mass is 348 g/mol. The number of carbonyl (C=O) groups is 1. The molecular formula is C17H21ClN4O2. The Kier molecular flexibility index (Phi) is 7.45. The number of hydrogen-bond acceptors (Lipinski definition) is 5. The van der Waals surface area contributed by atoms with Crippen molar-refractivity contribution >= 4 is 23.5 Å². The van der Waals surface area contributed by atoms with Crippen molar-refractivity contribution in [3.05, 3.63) is 52.8 Å². The van der Waals surface area contributed by atoms with Gasteiger partial charge < -0.3 is 15.4 Å². The second-order valence-corrected chi connectivity index (χ2v) is 5.64. The third-order valence-electron chi connectivity index (χ3n) is 3.33. The molecular weight excluding hydrogens is 328 g/mol. The van der Waals surface area contributed by atoms with Gasteiger partial charge in [0.25, 0.3) is 5.91 Å². The molecule has 0 atom stereocenters. The molecule has 0 aliphatic carbocycles. The summed E-state index contributed by atoms with van der Waals surface area (Å²) in [5.41, 5.74) is 1.62. The predicted octanol–water partition coefficient (Wildman–Crippen LogP) is 2.55. The molecule has 1 amide bonds. The molecule has 1 aromatic heterocycles. The smallest absolute Gasteiger partial charge is 0.254 e. The van der Waals surface area contributed by atoms with Crippen molar-refractivity contribution in [2.45, 2.75) is 12.8 Å². The van der Waals surface area contributed by atoms with Crippen molar-refractivity contribution in [1.82, 2.24) is 15.3 Å². The van der Waals surface area contributed by atoms with Gasteiger partial charge >= 0.3 is 0 Å². The molecule has 128 valence electrons. The van der Waals surface area contributed by atoms with Crippen molar-refractivity contribution in [2.24, 2.45) is 0 Å². The molecule has 0 saturated carbocycles. The number of carbonyl (C=O) groups excluding carboxylic acids is 1. The molecule has 2 N–H and O–H groups in total. The number of benzene rings is 1. The highest BCUT2D eigenvalue weighted by atomic mass is 35.5. The van der Waals surface area contributed by atoms with Crippen molar-refractivity contribution in [2.75, 3.05) is 32.1 Å². The number of methoxy groups -OCH3 is 1. The molecule has 7 heteroatoms. The van der Waals surface area contributed by atoms with E-state index in [-0.39, 0.29) is 5.91 Å². The van der Waals surface area contributed by atoms with Crippen LogP contribution in [0, 0.1) is 0 Å². The quantitative estimate of drug-likeness (QED) is 0.681. The lowest BCUT2D eigenvalue weighted by Gasteiger charge is -2.07. The SMILES string of the molecule is COCCCNC(=O)c1cnc(NCCc2ccc(Cl)cc2)nc1. The first-order valence-electron chi connectivity index (χ1n) is 7.76. The Morgan fingerprint density at radius 1 is 1.17 bits per heavy atom. The molecule has 0 unspecified atom stereocenters. The van der Waals surface area contributed by atoms with Gasteiger partial charge in [-0.25, -0.2) is 9.97 Å². The third-order valence-corrected chi connectivity index (χ3v) is 3.59. The highest BCUT2D eigenvalue weighted by Gasteiger charge is 2.06. The summed E-state index contributed by atoms with van der Waals surface area (Å²) < 4.78 is 4.93. The maximum absolute atomic E-state index is 11.9. The molecule has 2 rings (SSSR count). The van der Waals surface area contributed by atoms with Crippen molar-refractivity contribution in [3.8, 4) is 0 Å². The minimum absolute atomic E-state index is 0.182. The summed E-state index contributed by atoms with van der Waals surface area (Å²) in [5.74, 6) is 0.318. The van der Waals surface area contributed by atoms with E-state index in [4.69, 9.17) is 16.3 Å². The van der Waals surface area contributed by atoms with E-state index in [9.17, 15) is 4.79 Å². The topological polar surface area (TPSA) is 76.1 Å². The van der Waals surface area contributed by atoms with Gasteiger partial charge in [0, 0.05) is 44.2 Å². The number of nitrogens with one attached hydrogen (secondary N) is 2. The highest BCUT2D eigenvalue weighted by Crippen LogP contribution is 2.10. The summed E-state index contributed by atoms with van der Waals surface area (Å²) >= 11 is 5.85. The van der Waals surface area contributed by atoms with Gasteiger partial charge in [-0.05, 0) is 30.5 Å². The highest BCUT2D eigenvalue weighted by molar-refractivity contribution is 6.30. The number of hydrogen-bond donors (Lipinski definition) is 2. The molecule has 24 heavy (non-hydrogen) atoms. The average Bonchev–Trinajstić information content (AvgIpc) is 2.61. The number of rotatable bonds is 9. The summed E-state index contributed by atoms with van der Waals surface area (Å²) in [7, 11) is 1.63. The number of halogens is 1. The molecule has 0 bridgehead atoms. The minimum atomic E-state index is -0.182. The molecule has 0 fully saturated rings. The van der Waals surface area contributed by atoms with Gasteiger partial charge in [0.15, 0.2) is 0 Å². The molecule has 0 spiro atoms. The van der Waals surface area contributed by atoms with Gasteiger partial charge in [0.2, 0.25) is 5.95 Å². The van der Waals surface area contributed by atoms with Crippen LogP contribution < -0.4 is 10.6 Å². The summed E-state index contributed by atoms with van der Waals surface area (Å²) in [6.45, 7) is 1.88. The van der Waals surface area contributed by atoms with Gasteiger partial charge in [-0.3, -0.25) is 4.79 Å². The van der Waals surface area contributed by atoms with E-state index in [2.05, 4.69) is 20.6 Å². The van der Waals surface area contributed by atoms with Crippen LogP contribution in [0.1, 0.15) is 22.3 Å². The second-order valence-electron chi connectivity index (χ2n) is 5.20. The van der Waals surface area contributed by atoms with Crippen molar-refractivity contribution in [1.29, 1.82) is 0 Å². The molecule has 0 saturated heterocycles. The van der Waals surface area contributed by atoms with Crippen LogP contribution in [0.3, 0.4) is 0 Å². The standard InChI is InChI=1S/C17H21ClN4O2/c1-24-10-2-8-19-16(23)14-11-21-17(22-12-14)20-9-7-13-3-5-15(18)6-4-13/h3-6,11-12H,2,7-10H2,1H3,(H,19,23)(H,20,21,22). The largest absolute Gasteiger partial charge is 0.385 e. The Morgan fingerprint density at radius 2 is 1.88 bits per heavy atom. The first-order valence-corrected chi connectivity index (χ1v) is 8.14. The van der Waals surface area contributed by atoms with E-state index in [0.29, 0.717) is 31.2 Å². The molecule has 0 aliphatic rings. The lowest BCUT2D eigenvalue weighted by molar-refractivity contribution is 0.0948. The lowest BCUT2D eigenvalue weighted by atomic mass is 10.1. The molecule has 1 heterocycles. The van der Waals surface area contributed by atoms with Crippen LogP contribution in [0.2, 0.25) is 5.02 Å². The number of aromatic nitrogens is 2. The summed E-state index contributed by atoms with van der Waals surface area (Å²) in [6, 6.07) is 7.71. The fourth-order valence-electron chi connectivity index (χ4n) is 2.03. The van der Waals surface area contributed by atoms with E-state index >= 15 is 0 Å². The molecule has 1 aromatic carbocycles. The van der Waals surface area contributed by atoms with Crippen LogP contribution >= 0.6 is 11.6 Å². The Hall–Kier alpha value is -2.18. The van der Waals surface area contributed by atoms with E-state index in [1.807, 2.05) is 24.3 Å². The van der Waals surface area contributed by atoms with Gasteiger partial charge in [0.1, 0.15) is 0 Å². The van der Waals surface area contributed by atoms with Crippen molar-refractivity contribution in [3.63, 3.8) is 0 Å². The molecule has 0 aliphatic heterocycles. The van der Waals surface area contributed by atoms with Crippen molar-refractivity contribution < 1.29 is 9.53 Å². The maximum atomic E-state index is 11.9. The zero-order chi connectivity index (χ0) is 17.2. The number of ether oxygens (including phenoxy) is 1. The van der Waals surface area contributed by atoms with Crippen LogP contribution in [-0.4, -0.2) is 42.7 Å². The third kappa shape index (κ3) is 6.14. The fourth-order valence-corrected chi connectivity index (χ4v) is 2.15. The first-order chi connectivity index (χ1) is 11.7. The zero-order valence-electron chi connectivity index (χ0n) is 13.6. The molecule has 6 nitrogen and oxygen atoms in total. The predicted molar refractivity (Wildman–Crippen MR) is 94.5 cm³/mol. The Morgan fingerprint density at radius 3 is 2.54 bits per heavy atom. The average molecular weight is 349 g/mol. The van der Waals surface area contributed by atoms with E-state index < -0.39 is 0 Å². The Balaban J connectivity index is 1.75. The number of anilines is 1. The summed E-state index contributed by atoms with van der Waals surface area (Å²) in [4.78, 5) is 20.2. The van der Waals surface area contributed by atoms with Gasteiger partial charge in [0.05, 0.1) is 5.56 Å². The maximum Gasteiger partial charge on any atom is 0.254 e. The van der Waals surface area contributed by atoms with Crippen LogP contribution in [0.15, 0.2) is 36.7 Å². The normalized spacial score (nSPS) is 10.4. The van der Waals surface area contributed by atoms with Crippen LogP contribution in [0.25, 0.3) is 0 Å². The van der Waals surface area contributed by atoms with Crippen LogP contribution in [0.4, 0.5) is 5.95 Å². The van der Waals surface area contributed by atoms with Gasteiger partial charge in [-0.2, -0.15) is 0 Å². The Labute approximate surface area is 146 Å². The van der Waals surface area contributed by atoms with Crippen LogP contribution in [0.5, 0.6) is 0 Å².